The summed E-state index contributed by atoms with van der Waals surface area (Å²) in [5.41, 5.74) is 1.64. The van der Waals surface area contributed by atoms with Crippen LogP contribution in [0.3, 0.4) is 0 Å². The van der Waals surface area contributed by atoms with Crippen LogP contribution in [0.2, 0.25) is 0 Å². The fraction of sp³-hybridized carbons (Fsp3) is 0.478. The molecule has 0 radical (unpaired) electrons. The average Bonchev–Trinajstić information content (AvgIpc) is 3.49. The van der Waals surface area contributed by atoms with Crippen LogP contribution in [0.25, 0.3) is 0 Å². The molecule has 1 amide bonds. The molecule has 0 bridgehead atoms. The summed E-state index contributed by atoms with van der Waals surface area (Å²) in [6, 6.07) is 10.3. The molecule has 2 aromatic rings. The summed E-state index contributed by atoms with van der Waals surface area (Å²) < 4.78 is 32.1. The predicted octanol–water partition coefficient (Wildman–Crippen LogP) is 2.51. The molecule has 7 nitrogen and oxygen atoms in total. The minimum Gasteiger partial charge on any atom is -0.486 e. The minimum absolute atomic E-state index is 0.0281. The van der Waals surface area contributed by atoms with Gasteiger partial charge in [-0.2, -0.15) is 0 Å². The van der Waals surface area contributed by atoms with Crippen LogP contribution in [0.5, 0.6) is 5.75 Å². The van der Waals surface area contributed by atoms with Crippen LogP contribution in [-0.4, -0.2) is 48.2 Å². The van der Waals surface area contributed by atoms with E-state index in [-0.39, 0.29) is 28.9 Å². The van der Waals surface area contributed by atoms with E-state index in [1.807, 2.05) is 17.6 Å². The highest BCUT2D eigenvalue weighted by molar-refractivity contribution is 7.92. The first-order valence-electron chi connectivity index (χ1n) is 10.7. The number of aromatic nitrogens is 1. The van der Waals surface area contributed by atoms with Gasteiger partial charge < -0.3 is 14.2 Å². The monoisotopic (exact) mass is 444 g/mol. The Morgan fingerprint density at radius 2 is 1.77 bits per heavy atom. The van der Waals surface area contributed by atoms with E-state index in [1.165, 1.54) is 6.07 Å². The van der Waals surface area contributed by atoms with Crippen molar-refractivity contribution >= 4 is 15.7 Å². The molecule has 2 fully saturated rings. The number of amides is 1. The fourth-order valence-electron chi connectivity index (χ4n) is 3.82. The molecule has 2 aliphatic rings. The molecule has 4 rings (SSSR count). The van der Waals surface area contributed by atoms with E-state index >= 15 is 0 Å². The third kappa shape index (κ3) is 4.54. The van der Waals surface area contributed by atoms with Gasteiger partial charge >= 0.3 is 0 Å². The maximum absolute atomic E-state index is 12.5. The zero-order chi connectivity index (χ0) is 22.3. The summed E-state index contributed by atoms with van der Waals surface area (Å²) in [6.07, 6.45) is 2.19. The Hall–Kier alpha value is -2.61. The SMILES string of the molecule is Cc1cc(OC2CN(C(=O)Cc3ccc(S(=O)(=O)C(C)C)cc3)C2)cc(=O)n1C1CC1. The molecular formula is C23H28N2O5S. The Kier molecular flexibility index (Phi) is 5.68. The number of hydrogen-bond donors (Lipinski definition) is 0. The Bertz CT molecular complexity index is 1140. The van der Waals surface area contributed by atoms with Crippen LogP contribution < -0.4 is 10.3 Å². The first-order valence-corrected chi connectivity index (χ1v) is 12.2. The number of benzene rings is 1. The molecule has 2 heterocycles. The van der Waals surface area contributed by atoms with Crippen molar-refractivity contribution in [1.82, 2.24) is 9.47 Å². The summed E-state index contributed by atoms with van der Waals surface area (Å²) >= 11 is 0. The molecule has 1 saturated heterocycles. The molecular weight excluding hydrogens is 416 g/mol. The van der Waals surface area contributed by atoms with Gasteiger partial charge in [-0.1, -0.05) is 12.1 Å². The Labute approximate surface area is 182 Å². The molecule has 1 aromatic carbocycles. The Morgan fingerprint density at radius 1 is 1.13 bits per heavy atom. The Morgan fingerprint density at radius 3 is 2.32 bits per heavy atom. The van der Waals surface area contributed by atoms with Crippen molar-refractivity contribution in [1.29, 1.82) is 0 Å². The first kappa shape index (κ1) is 21.6. The molecule has 1 aromatic heterocycles. The van der Waals surface area contributed by atoms with Crippen LogP contribution in [0.4, 0.5) is 0 Å². The van der Waals surface area contributed by atoms with Gasteiger partial charge in [-0.05, 0) is 57.4 Å². The number of likely N-dealkylation sites (tertiary alicyclic amines) is 1. The second kappa shape index (κ2) is 8.15. The van der Waals surface area contributed by atoms with Crippen molar-refractivity contribution in [3.63, 3.8) is 0 Å². The van der Waals surface area contributed by atoms with Crippen LogP contribution in [-0.2, 0) is 21.1 Å². The number of ether oxygens (including phenoxy) is 1. The lowest BCUT2D eigenvalue weighted by atomic mass is 10.1. The minimum atomic E-state index is -3.31. The lowest BCUT2D eigenvalue weighted by Crippen LogP contribution is -2.56. The molecule has 0 atom stereocenters. The van der Waals surface area contributed by atoms with Gasteiger partial charge in [-0.3, -0.25) is 9.59 Å². The third-order valence-electron chi connectivity index (χ3n) is 5.88. The quantitative estimate of drug-likeness (QED) is 0.655. The van der Waals surface area contributed by atoms with Crippen LogP contribution in [0.1, 0.15) is 44.0 Å². The zero-order valence-electron chi connectivity index (χ0n) is 18.1. The maximum atomic E-state index is 12.5. The van der Waals surface area contributed by atoms with Crippen molar-refractivity contribution in [2.45, 2.75) is 62.3 Å². The van der Waals surface area contributed by atoms with E-state index in [1.54, 1.807) is 43.0 Å². The highest BCUT2D eigenvalue weighted by atomic mass is 32.2. The molecule has 166 valence electrons. The van der Waals surface area contributed by atoms with Crippen molar-refractivity contribution in [2.75, 3.05) is 13.1 Å². The predicted molar refractivity (Wildman–Crippen MR) is 117 cm³/mol. The highest BCUT2D eigenvalue weighted by Crippen LogP contribution is 2.35. The van der Waals surface area contributed by atoms with E-state index in [4.69, 9.17) is 4.74 Å². The second-order valence-corrected chi connectivity index (χ2v) is 11.2. The van der Waals surface area contributed by atoms with Gasteiger partial charge in [0.1, 0.15) is 11.9 Å². The van der Waals surface area contributed by atoms with Gasteiger partial charge in [0.15, 0.2) is 9.84 Å². The molecule has 0 spiro atoms. The van der Waals surface area contributed by atoms with Crippen molar-refractivity contribution < 1.29 is 17.9 Å². The summed E-state index contributed by atoms with van der Waals surface area (Å²) in [5, 5.41) is -0.483. The van der Waals surface area contributed by atoms with Crippen LogP contribution in [0.15, 0.2) is 46.1 Å². The number of pyridine rings is 1. The largest absolute Gasteiger partial charge is 0.486 e. The normalized spacial score (nSPS) is 17.0. The molecule has 1 aliphatic carbocycles. The van der Waals surface area contributed by atoms with E-state index < -0.39 is 15.1 Å². The van der Waals surface area contributed by atoms with E-state index in [0.29, 0.717) is 24.9 Å². The summed E-state index contributed by atoms with van der Waals surface area (Å²) in [6.45, 7) is 6.16. The van der Waals surface area contributed by atoms with Crippen LogP contribution >= 0.6 is 0 Å². The number of aryl methyl sites for hydroxylation is 1. The standard InChI is InChI=1S/C23H28N2O5S/c1-15(2)31(28,29)21-8-4-17(5-9-21)11-22(26)24-13-20(14-24)30-19-10-16(3)25(18-6-7-18)23(27)12-19/h4-5,8-10,12,15,18,20H,6-7,11,13-14H2,1-3H3. The lowest BCUT2D eigenvalue weighted by molar-refractivity contribution is -0.139. The number of carbonyl (C=O) groups excluding carboxylic acids is 1. The number of rotatable bonds is 7. The molecule has 1 saturated carbocycles. The van der Waals surface area contributed by atoms with Gasteiger partial charge in [-0.15, -0.1) is 0 Å². The third-order valence-corrected chi connectivity index (χ3v) is 8.05. The molecule has 0 unspecified atom stereocenters. The van der Waals surface area contributed by atoms with Crippen molar-refractivity contribution in [3.8, 4) is 5.75 Å². The molecule has 8 heteroatoms. The maximum Gasteiger partial charge on any atom is 0.254 e. The number of sulfone groups is 1. The van der Waals surface area contributed by atoms with E-state index in [9.17, 15) is 18.0 Å². The second-order valence-electron chi connectivity index (χ2n) is 8.72. The smallest absolute Gasteiger partial charge is 0.254 e. The summed E-state index contributed by atoms with van der Waals surface area (Å²) in [4.78, 5) is 26.8. The Balaban J connectivity index is 1.30. The molecule has 31 heavy (non-hydrogen) atoms. The summed E-state index contributed by atoms with van der Waals surface area (Å²) in [7, 11) is -3.31. The van der Waals surface area contributed by atoms with Gasteiger partial charge in [0.25, 0.3) is 5.56 Å². The van der Waals surface area contributed by atoms with E-state index in [2.05, 4.69) is 0 Å². The van der Waals surface area contributed by atoms with E-state index in [0.717, 1.165) is 24.1 Å². The van der Waals surface area contributed by atoms with Gasteiger partial charge in [0.05, 0.1) is 29.7 Å². The first-order chi connectivity index (χ1) is 14.6. The number of nitrogens with zero attached hydrogens (tertiary/aromatic N) is 2. The zero-order valence-corrected chi connectivity index (χ0v) is 18.9. The van der Waals surface area contributed by atoms with Gasteiger partial charge in [0.2, 0.25) is 5.91 Å². The van der Waals surface area contributed by atoms with Gasteiger partial charge in [0, 0.05) is 17.8 Å². The van der Waals surface area contributed by atoms with Crippen molar-refractivity contribution in [3.05, 3.63) is 58.0 Å². The topological polar surface area (TPSA) is 85.7 Å². The number of carbonyl (C=O) groups is 1. The number of hydrogen-bond acceptors (Lipinski definition) is 5. The average molecular weight is 445 g/mol. The fourth-order valence-corrected chi connectivity index (χ4v) is 4.87. The van der Waals surface area contributed by atoms with Gasteiger partial charge in [-0.25, -0.2) is 8.42 Å². The molecule has 1 aliphatic heterocycles. The lowest BCUT2D eigenvalue weighted by Gasteiger charge is -2.39. The highest BCUT2D eigenvalue weighted by Gasteiger charge is 2.33. The summed E-state index contributed by atoms with van der Waals surface area (Å²) in [5.74, 6) is 0.526. The van der Waals surface area contributed by atoms with Crippen LogP contribution in [0, 0.1) is 6.92 Å². The molecule has 0 N–H and O–H groups in total. The van der Waals surface area contributed by atoms with Crippen molar-refractivity contribution in [2.24, 2.45) is 0 Å².